The van der Waals surface area contributed by atoms with Crippen LogP contribution in [0.15, 0.2) is 52.5 Å². The first-order valence-corrected chi connectivity index (χ1v) is 8.90. The molecule has 0 saturated heterocycles. The van der Waals surface area contributed by atoms with Crippen LogP contribution in [0.5, 0.6) is 0 Å². The number of fused-ring (bicyclic) bond motifs is 1. The van der Waals surface area contributed by atoms with Gasteiger partial charge in [-0.25, -0.2) is 4.98 Å². The lowest BCUT2D eigenvalue weighted by Crippen LogP contribution is -2.24. The molecule has 5 nitrogen and oxygen atoms in total. The average molecular weight is 351 g/mol. The van der Waals surface area contributed by atoms with E-state index in [2.05, 4.69) is 15.3 Å². The van der Waals surface area contributed by atoms with E-state index < -0.39 is 0 Å². The zero-order valence-electron chi connectivity index (χ0n) is 13.7. The fourth-order valence-corrected chi connectivity index (χ4v) is 3.53. The molecule has 0 aliphatic heterocycles. The van der Waals surface area contributed by atoms with Crippen molar-refractivity contribution in [3.8, 4) is 10.8 Å². The number of aromatic nitrogens is 2. The van der Waals surface area contributed by atoms with Crippen LogP contribution >= 0.6 is 11.3 Å². The third-order valence-electron chi connectivity index (χ3n) is 4.11. The van der Waals surface area contributed by atoms with Crippen molar-refractivity contribution in [2.24, 2.45) is 0 Å². The molecule has 4 rings (SSSR count). The standard InChI is InChI=1S/C19H17N3O2S/c1-12-15(14-5-2-3-6-16(14)21-12)9-18(23)20-10-13-11-24-19(22-13)17-7-4-8-25-17/h2-8,11,21H,9-10H2,1H3,(H,20,23). The van der Waals surface area contributed by atoms with E-state index in [9.17, 15) is 4.79 Å². The first-order valence-electron chi connectivity index (χ1n) is 8.02. The number of oxazole rings is 1. The molecular weight excluding hydrogens is 334 g/mol. The van der Waals surface area contributed by atoms with Gasteiger partial charge in [0.1, 0.15) is 6.26 Å². The molecule has 0 spiro atoms. The van der Waals surface area contributed by atoms with E-state index in [4.69, 9.17) is 4.42 Å². The maximum absolute atomic E-state index is 12.3. The van der Waals surface area contributed by atoms with Crippen molar-refractivity contribution in [1.82, 2.24) is 15.3 Å². The van der Waals surface area contributed by atoms with Crippen LogP contribution in [0.1, 0.15) is 17.0 Å². The SMILES string of the molecule is Cc1[nH]c2ccccc2c1CC(=O)NCc1coc(-c2cccs2)n1. The lowest BCUT2D eigenvalue weighted by Gasteiger charge is -2.03. The third-order valence-corrected chi connectivity index (χ3v) is 4.97. The summed E-state index contributed by atoms with van der Waals surface area (Å²) in [5.41, 5.74) is 3.83. The van der Waals surface area contributed by atoms with Gasteiger partial charge in [0.05, 0.1) is 23.5 Å². The predicted molar refractivity (Wildman–Crippen MR) is 98.4 cm³/mol. The van der Waals surface area contributed by atoms with E-state index in [1.807, 2.05) is 48.7 Å². The van der Waals surface area contributed by atoms with Crippen LogP contribution in [0.2, 0.25) is 0 Å². The van der Waals surface area contributed by atoms with E-state index in [0.29, 0.717) is 24.6 Å². The second-order valence-electron chi connectivity index (χ2n) is 5.85. The summed E-state index contributed by atoms with van der Waals surface area (Å²) >= 11 is 1.57. The summed E-state index contributed by atoms with van der Waals surface area (Å²) in [5, 5.41) is 5.99. The number of para-hydroxylation sites is 1. The highest BCUT2D eigenvalue weighted by Gasteiger charge is 2.13. The van der Waals surface area contributed by atoms with Gasteiger partial charge in [-0.15, -0.1) is 11.3 Å². The zero-order valence-corrected chi connectivity index (χ0v) is 14.5. The lowest BCUT2D eigenvalue weighted by molar-refractivity contribution is -0.120. The number of hydrogen-bond acceptors (Lipinski definition) is 4. The number of benzene rings is 1. The molecule has 1 amide bonds. The quantitative estimate of drug-likeness (QED) is 0.570. The Hall–Kier alpha value is -2.86. The number of carbonyl (C=O) groups excluding carboxylic acids is 1. The van der Waals surface area contributed by atoms with Gasteiger partial charge in [0.25, 0.3) is 0 Å². The molecule has 0 saturated carbocycles. The number of carbonyl (C=O) groups is 1. The Morgan fingerprint density at radius 1 is 1.28 bits per heavy atom. The Kier molecular flexibility index (Phi) is 4.11. The van der Waals surface area contributed by atoms with Crippen LogP contribution in [-0.2, 0) is 17.8 Å². The van der Waals surface area contributed by atoms with E-state index in [1.165, 1.54) is 0 Å². The van der Waals surface area contributed by atoms with Gasteiger partial charge in [0.2, 0.25) is 11.8 Å². The number of aromatic amines is 1. The molecule has 0 radical (unpaired) electrons. The molecule has 3 aromatic heterocycles. The highest BCUT2D eigenvalue weighted by atomic mass is 32.1. The van der Waals surface area contributed by atoms with E-state index >= 15 is 0 Å². The molecule has 0 aliphatic rings. The Balaban J connectivity index is 1.42. The number of thiophene rings is 1. The number of amides is 1. The smallest absolute Gasteiger partial charge is 0.236 e. The largest absolute Gasteiger partial charge is 0.443 e. The van der Waals surface area contributed by atoms with Gasteiger partial charge in [-0.2, -0.15) is 0 Å². The molecule has 4 aromatic rings. The van der Waals surface area contributed by atoms with Crippen LogP contribution in [0.4, 0.5) is 0 Å². The Morgan fingerprint density at radius 2 is 2.16 bits per heavy atom. The van der Waals surface area contributed by atoms with Crippen molar-refractivity contribution in [2.75, 3.05) is 0 Å². The van der Waals surface area contributed by atoms with Crippen molar-refractivity contribution in [2.45, 2.75) is 19.9 Å². The topological polar surface area (TPSA) is 70.9 Å². The minimum atomic E-state index is -0.0338. The molecule has 0 aliphatic carbocycles. The molecule has 0 unspecified atom stereocenters. The number of rotatable bonds is 5. The van der Waals surface area contributed by atoms with Gasteiger partial charge in [-0.3, -0.25) is 4.79 Å². The summed E-state index contributed by atoms with van der Waals surface area (Å²) in [6, 6.07) is 11.9. The second-order valence-corrected chi connectivity index (χ2v) is 6.80. The Morgan fingerprint density at radius 3 is 3.00 bits per heavy atom. The summed E-state index contributed by atoms with van der Waals surface area (Å²) in [6.45, 7) is 2.35. The van der Waals surface area contributed by atoms with Crippen LogP contribution in [-0.4, -0.2) is 15.9 Å². The van der Waals surface area contributed by atoms with E-state index in [-0.39, 0.29) is 5.91 Å². The van der Waals surface area contributed by atoms with Crippen LogP contribution in [0.25, 0.3) is 21.7 Å². The Bertz CT molecular complexity index is 1010. The number of nitrogens with zero attached hydrogens (tertiary/aromatic N) is 1. The minimum Gasteiger partial charge on any atom is -0.443 e. The van der Waals surface area contributed by atoms with Crippen LogP contribution in [0, 0.1) is 6.92 Å². The maximum atomic E-state index is 12.3. The monoisotopic (exact) mass is 351 g/mol. The molecular formula is C19H17N3O2S. The molecule has 3 heterocycles. The van der Waals surface area contributed by atoms with Gasteiger partial charge < -0.3 is 14.7 Å². The van der Waals surface area contributed by atoms with Crippen molar-refractivity contribution in [3.05, 3.63) is 65.0 Å². The summed E-state index contributed by atoms with van der Waals surface area (Å²) < 4.78 is 5.47. The predicted octanol–water partition coefficient (Wildman–Crippen LogP) is 4.05. The molecule has 0 bridgehead atoms. The molecule has 25 heavy (non-hydrogen) atoms. The zero-order chi connectivity index (χ0) is 17.2. The lowest BCUT2D eigenvalue weighted by atomic mass is 10.1. The van der Waals surface area contributed by atoms with E-state index in [0.717, 1.165) is 27.0 Å². The van der Waals surface area contributed by atoms with Crippen molar-refractivity contribution in [1.29, 1.82) is 0 Å². The minimum absolute atomic E-state index is 0.0338. The number of hydrogen-bond donors (Lipinski definition) is 2. The van der Waals surface area contributed by atoms with Crippen molar-refractivity contribution in [3.63, 3.8) is 0 Å². The highest BCUT2D eigenvalue weighted by molar-refractivity contribution is 7.13. The Labute approximate surface area is 148 Å². The third kappa shape index (κ3) is 3.21. The average Bonchev–Trinajstić information content (AvgIpc) is 3.33. The summed E-state index contributed by atoms with van der Waals surface area (Å²) in [7, 11) is 0. The van der Waals surface area contributed by atoms with Crippen LogP contribution in [0.3, 0.4) is 0 Å². The first kappa shape index (κ1) is 15.7. The molecule has 1 aromatic carbocycles. The van der Waals surface area contributed by atoms with Gasteiger partial charge in [-0.05, 0) is 30.0 Å². The maximum Gasteiger partial charge on any atom is 0.236 e. The van der Waals surface area contributed by atoms with Crippen molar-refractivity contribution >= 4 is 28.1 Å². The normalized spacial score (nSPS) is 11.1. The number of aryl methyl sites for hydroxylation is 1. The summed E-state index contributed by atoms with van der Waals surface area (Å²) in [5.74, 6) is 0.556. The van der Waals surface area contributed by atoms with Gasteiger partial charge in [0.15, 0.2) is 0 Å². The van der Waals surface area contributed by atoms with Crippen LogP contribution < -0.4 is 5.32 Å². The van der Waals surface area contributed by atoms with Crippen molar-refractivity contribution < 1.29 is 9.21 Å². The van der Waals surface area contributed by atoms with Gasteiger partial charge in [-0.1, -0.05) is 24.3 Å². The molecule has 6 heteroatoms. The molecule has 2 N–H and O–H groups in total. The van der Waals surface area contributed by atoms with E-state index in [1.54, 1.807) is 17.6 Å². The fraction of sp³-hybridized carbons (Fsp3) is 0.158. The van der Waals surface area contributed by atoms with Gasteiger partial charge >= 0.3 is 0 Å². The summed E-state index contributed by atoms with van der Waals surface area (Å²) in [6.07, 6.45) is 1.93. The number of nitrogens with one attached hydrogen (secondary N) is 2. The number of H-pyrrole nitrogens is 1. The highest BCUT2D eigenvalue weighted by Crippen LogP contribution is 2.24. The summed E-state index contributed by atoms with van der Waals surface area (Å²) in [4.78, 5) is 21.0. The molecule has 0 atom stereocenters. The fourth-order valence-electron chi connectivity index (χ4n) is 2.88. The molecule has 126 valence electrons. The molecule has 0 fully saturated rings. The second kappa shape index (κ2) is 6.57. The first-order chi connectivity index (χ1) is 12.2. The van der Waals surface area contributed by atoms with Gasteiger partial charge in [0, 0.05) is 16.6 Å².